The number of amides is 2. The molecule has 0 spiro atoms. The normalized spacial score (nSPS) is 19.8. The second-order valence-electron chi connectivity index (χ2n) is 6.95. The first-order chi connectivity index (χ1) is 12.1. The van der Waals surface area contributed by atoms with Crippen molar-refractivity contribution in [3.63, 3.8) is 0 Å². The van der Waals surface area contributed by atoms with E-state index in [0.717, 1.165) is 4.90 Å². The first kappa shape index (κ1) is 20.1. The summed E-state index contributed by atoms with van der Waals surface area (Å²) in [6, 6.07) is 4.31. The molecule has 0 bridgehead atoms. The standard InChI is InChI=1S/C17H20BrFN4O3/c1-17(2,3)26-16(25)23-9-11(19)8-12(23)15(24)22-14-10(6-7-20)4-5-13(18)21-14/h4-5,11-12H,6,8-9H2,1-3H3,(H,21,22,24)/t11-,12+/m1/s1. The van der Waals surface area contributed by atoms with Crippen LogP contribution in [0.25, 0.3) is 0 Å². The molecule has 2 atom stereocenters. The van der Waals surface area contributed by atoms with E-state index >= 15 is 0 Å². The lowest BCUT2D eigenvalue weighted by Crippen LogP contribution is -2.45. The molecule has 1 N–H and O–H groups in total. The van der Waals surface area contributed by atoms with E-state index in [0.29, 0.717) is 10.2 Å². The minimum atomic E-state index is -1.31. The number of pyridine rings is 1. The fraction of sp³-hybridized carbons (Fsp3) is 0.529. The fourth-order valence-electron chi connectivity index (χ4n) is 2.56. The Balaban J connectivity index is 2.18. The number of rotatable bonds is 3. The first-order valence-corrected chi connectivity index (χ1v) is 8.87. The molecule has 0 radical (unpaired) electrons. The van der Waals surface area contributed by atoms with E-state index in [-0.39, 0.29) is 25.2 Å². The van der Waals surface area contributed by atoms with Crippen molar-refractivity contribution in [3.8, 4) is 6.07 Å². The number of carbonyl (C=O) groups excluding carboxylic acids is 2. The molecular formula is C17H20BrFN4O3. The minimum Gasteiger partial charge on any atom is -0.444 e. The van der Waals surface area contributed by atoms with Gasteiger partial charge in [0.05, 0.1) is 19.0 Å². The number of alkyl halides is 1. The van der Waals surface area contributed by atoms with Gasteiger partial charge in [0.25, 0.3) is 0 Å². The van der Waals surface area contributed by atoms with Crippen LogP contribution in [0.5, 0.6) is 0 Å². The van der Waals surface area contributed by atoms with Gasteiger partial charge in [0.15, 0.2) is 0 Å². The van der Waals surface area contributed by atoms with Crippen molar-refractivity contribution >= 4 is 33.7 Å². The molecule has 1 aliphatic heterocycles. The Morgan fingerprint density at radius 1 is 1.50 bits per heavy atom. The molecule has 0 aromatic carbocycles. The maximum Gasteiger partial charge on any atom is 0.411 e. The van der Waals surface area contributed by atoms with Crippen molar-refractivity contribution in [2.75, 3.05) is 11.9 Å². The predicted molar refractivity (Wildman–Crippen MR) is 96.1 cm³/mol. The largest absolute Gasteiger partial charge is 0.444 e. The Morgan fingerprint density at radius 3 is 2.81 bits per heavy atom. The monoisotopic (exact) mass is 426 g/mol. The third kappa shape index (κ3) is 5.14. The van der Waals surface area contributed by atoms with Crippen LogP contribution in [0, 0.1) is 11.3 Å². The van der Waals surface area contributed by atoms with Gasteiger partial charge in [0.1, 0.15) is 28.2 Å². The lowest BCUT2D eigenvalue weighted by atomic mass is 10.1. The number of hydrogen-bond donors (Lipinski definition) is 1. The van der Waals surface area contributed by atoms with Gasteiger partial charge in [-0.2, -0.15) is 5.26 Å². The van der Waals surface area contributed by atoms with Crippen LogP contribution < -0.4 is 5.32 Å². The van der Waals surface area contributed by atoms with Gasteiger partial charge in [0, 0.05) is 12.0 Å². The summed E-state index contributed by atoms with van der Waals surface area (Å²) in [5.41, 5.74) is -0.221. The molecule has 26 heavy (non-hydrogen) atoms. The quantitative estimate of drug-likeness (QED) is 0.748. The Hall–Kier alpha value is -2.21. The van der Waals surface area contributed by atoms with Gasteiger partial charge in [-0.05, 0) is 42.8 Å². The number of carbonyl (C=O) groups is 2. The van der Waals surface area contributed by atoms with Crippen LogP contribution in [0.3, 0.4) is 0 Å². The molecule has 1 fully saturated rings. The van der Waals surface area contributed by atoms with Gasteiger partial charge in [-0.25, -0.2) is 14.2 Å². The van der Waals surface area contributed by atoms with E-state index in [9.17, 15) is 14.0 Å². The Kier molecular flexibility index (Phi) is 6.18. The highest BCUT2D eigenvalue weighted by Gasteiger charge is 2.42. The summed E-state index contributed by atoms with van der Waals surface area (Å²) in [6.45, 7) is 4.89. The Morgan fingerprint density at radius 2 is 2.19 bits per heavy atom. The van der Waals surface area contributed by atoms with Crippen LogP contribution in [-0.4, -0.2) is 46.2 Å². The van der Waals surface area contributed by atoms with E-state index in [1.54, 1.807) is 32.9 Å². The third-order valence-corrected chi connectivity index (χ3v) is 4.08. The zero-order chi connectivity index (χ0) is 19.5. The summed E-state index contributed by atoms with van der Waals surface area (Å²) >= 11 is 3.21. The van der Waals surface area contributed by atoms with E-state index < -0.39 is 29.8 Å². The number of likely N-dealkylation sites (tertiary alicyclic amines) is 1. The van der Waals surface area contributed by atoms with Crippen LogP contribution in [0.2, 0.25) is 0 Å². The second kappa shape index (κ2) is 7.99. The molecule has 1 aromatic rings. The number of halogens is 2. The number of nitrogens with zero attached hydrogens (tertiary/aromatic N) is 3. The fourth-order valence-corrected chi connectivity index (χ4v) is 2.87. The van der Waals surface area contributed by atoms with E-state index in [2.05, 4.69) is 26.2 Å². The third-order valence-electron chi connectivity index (χ3n) is 3.64. The highest BCUT2D eigenvalue weighted by atomic mass is 79.9. The van der Waals surface area contributed by atoms with Crippen molar-refractivity contribution in [1.82, 2.24) is 9.88 Å². The molecule has 9 heteroatoms. The minimum absolute atomic E-state index is 0.0576. The first-order valence-electron chi connectivity index (χ1n) is 8.07. The maximum absolute atomic E-state index is 13.9. The average Bonchev–Trinajstić information content (AvgIpc) is 2.91. The summed E-state index contributed by atoms with van der Waals surface area (Å²) in [7, 11) is 0. The molecule has 1 aliphatic rings. The zero-order valence-electron chi connectivity index (χ0n) is 14.8. The predicted octanol–water partition coefficient (Wildman–Crippen LogP) is 3.20. The van der Waals surface area contributed by atoms with Crippen LogP contribution in [-0.2, 0) is 16.0 Å². The van der Waals surface area contributed by atoms with Gasteiger partial charge in [-0.15, -0.1) is 0 Å². The van der Waals surface area contributed by atoms with Crippen molar-refractivity contribution < 1.29 is 18.7 Å². The average molecular weight is 427 g/mol. The van der Waals surface area contributed by atoms with Crippen molar-refractivity contribution in [3.05, 3.63) is 22.3 Å². The number of anilines is 1. The molecule has 140 valence electrons. The summed E-state index contributed by atoms with van der Waals surface area (Å²) in [4.78, 5) is 30.2. The lowest BCUT2D eigenvalue weighted by Gasteiger charge is -2.27. The molecule has 1 aromatic heterocycles. The Bertz CT molecular complexity index is 745. The molecule has 0 unspecified atom stereocenters. The molecule has 2 rings (SSSR count). The van der Waals surface area contributed by atoms with Crippen molar-refractivity contribution in [1.29, 1.82) is 5.26 Å². The van der Waals surface area contributed by atoms with Gasteiger partial charge < -0.3 is 10.1 Å². The highest BCUT2D eigenvalue weighted by molar-refractivity contribution is 9.10. The van der Waals surface area contributed by atoms with E-state index in [1.165, 1.54) is 0 Å². The van der Waals surface area contributed by atoms with Crippen LogP contribution >= 0.6 is 15.9 Å². The van der Waals surface area contributed by atoms with Crippen molar-refractivity contribution in [2.45, 2.75) is 51.4 Å². The van der Waals surface area contributed by atoms with Crippen LogP contribution in [0.4, 0.5) is 15.0 Å². The number of nitriles is 1. The molecule has 2 heterocycles. The molecule has 7 nitrogen and oxygen atoms in total. The molecule has 0 saturated carbocycles. The molecule has 2 amide bonds. The number of aromatic nitrogens is 1. The van der Waals surface area contributed by atoms with Gasteiger partial charge in [-0.3, -0.25) is 9.69 Å². The highest BCUT2D eigenvalue weighted by Crippen LogP contribution is 2.25. The maximum atomic E-state index is 13.9. The molecule has 1 saturated heterocycles. The van der Waals surface area contributed by atoms with Crippen LogP contribution in [0.1, 0.15) is 32.8 Å². The summed E-state index contributed by atoms with van der Waals surface area (Å²) in [6.07, 6.45) is -2.11. The molecular weight excluding hydrogens is 407 g/mol. The Labute approximate surface area is 159 Å². The molecule has 0 aliphatic carbocycles. The number of nitrogens with one attached hydrogen (secondary N) is 1. The van der Waals surface area contributed by atoms with Gasteiger partial charge in [-0.1, -0.05) is 6.07 Å². The summed E-state index contributed by atoms with van der Waals surface area (Å²) in [5.74, 6) is -0.363. The van der Waals surface area contributed by atoms with E-state index in [1.807, 2.05) is 6.07 Å². The number of hydrogen-bond acceptors (Lipinski definition) is 5. The second-order valence-corrected chi connectivity index (χ2v) is 7.76. The van der Waals surface area contributed by atoms with Crippen LogP contribution in [0.15, 0.2) is 16.7 Å². The van der Waals surface area contributed by atoms with E-state index in [4.69, 9.17) is 10.00 Å². The zero-order valence-corrected chi connectivity index (χ0v) is 16.3. The van der Waals surface area contributed by atoms with Gasteiger partial charge in [0.2, 0.25) is 5.91 Å². The number of ether oxygens (including phenoxy) is 1. The SMILES string of the molecule is CC(C)(C)OC(=O)N1C[C@H](F)C[C@H]1C(=O)Nc1nc(Br)ccc1CC#N. The van der Waals surface area contributed by atoms with Crippen molar-refractivity contribution in [2.24, 2.45) is 0 Å². The smallest absolute Gasteiger partial charge is 0.411 e. The van der Waals surface area contributed by atoms with Gasteiger partial charge >= 0.3 is 6.09 Å². The summed E-state index contributed by atoms with van der Waals surface area (Å²) < 4.78 is 19.6. The summed E-state index contributed by atoms with van der Waals surface area (Å²) in [5, 5.41) is 11.5. The lowest BCUT2D eigenvalue weighted by molar-refractivity contribution is -0.120. The topological polar surface area (TPSA) is 95.3 Å².